The number of anilines is 1. The third-order valence-corrected chi connectivity index (χ3v) is 5.31. The Labute approximate surface area is 137 Å². The van der Waals surface area contributed by atoms with E-state index in [-0.39, 0.29) is 18.4 Å². The first-order chi connectivity index (χ1) is 10.6. The van der Waals surface area contributed by atoms with Crippen LogP contribution in [-0.2, 0) is 16.1 Å². The van der Waals surface area contributed by atoms with Crippen molar-refractivity contribution in [1.29, 1.82) is 0 Å². The van der Waals surface area contributed by atoms with Crippen LogP contribution in [0.5, 0.6) is 0 Å². The minimum atomic E-state index is -0.0544. The number of fused-ring (bicyclic) bond motifs is 1. The second-order valence-electron chi connectivity index (χ2n) is 5.12. The van der Waals surface area contributed by atoms with E-state index in [4.69, 9.17) is 0 Å². The first-order valence-corrected chi connectivity index (χ1v) is 8.85. The standard InChI is InChI=1S/C16H16N2O2S2/c1-17(8-12-6-7-21-10-12)15(19)9-18-13-4-2-3-5-14(13)22-11-16(18)20/h2-7,10H,8-9,11H2,1H3. The molecule has 0 atom stereocenters. The Morgan fingerprint density at radius 3 is 2.91 bits per heavy atom. The third kappa shape index (κ3) is 3.18. The van der Waals surface area contributed by atoms with Crippen LogP contribution in [0.1, 0.15) is 5.56 Å². The molecule has 1 aliphatic heterocycles. The summed E-state index contributed by atoms with van der Waals surface area (Å²) in [6.45, 7) is 0.664. The molecule has 0 saturated carbocycles. The zero-order valence-electron chi connectivity index (χ0n) is 12.2. The lowest BCUT2D eigenvalue weighted by molar-refractivity contribution is -0.130. The van der Waals surface area contributed by atoms with E-state index in [0.717, 1.165) is 16.1 Å². The van der Waals surface area contributed by atoms with Crippen molar-refractivity contribution < 1.29 is 9.59 Å². The second kappa shape index (κ2) is 6.54. The van der Waals surface area contributed by atoms with Gasteiger partial charge in [-0.25, -0.2) is 0 Å². The van der Waals surface area contributed by atoms with Crippen LogP contribution in [0.2, 0.25) is 0 Å². The molecular formula is C16H16N2O2S2. The first kappa shape index (κ1) is 15.1. The molecule has 1 aromatic heterocycles. The van der Waals surface area contributed by atoms with E-state index >= 15 is 0 Å². The molecule has 114 valence electrons. The zero-order valence-corrected chi connectivity index (χ0v) is 13.8. The highest BCUT2D eigenvalue weighted by molar-refractivity contribution is 8.00. The van der Waals surface area contributed by atoms with Gasteiger partial charge in [0.2, 0.25) is 11.8 Å². The van der Waals surface area contributed by atoms with Gasteiger partial charge in [0.25, 0.3) is 0 Å². The molecule has 6 heteroatoms. The SMILES string of the molecule is CN(Cc1ccsc1)C(=O)CN1C(=O)CSc2ccccc21. The van der Waals surface area contributed by atoms with Crippen LogP contribution in [0.25, 0.3) is 0 Å². The highest BCUT2D eigenvalue weighted by Crippen LogP contribution is 2.34. The molecule has 2 amide bonds. The Kier molecular flexibility index (Phi) is 4.49. The molecular weight excluding hydrogens is 316 g/mol. The molecule has 2 heterocycles. The summed E-state index contributed by atoms with van der Waals surface area (Å²) in [6.07, 6.45) is 0. The molecule has 4 nitrogen and oxygen atoms in total. The van der Waals surface area contributed by atoms with Gasteiger partial charge >= 0.3 is 0 Å². The maximum absolute atomic E-state index is 12.4. The first-order valence-electron chi connectivity index (χ1n) is 6.92. The number of hydrogen-bond acceptors (Lipinski definition) is 4. The minimum Gasteiger partial charge on any atom is -0.340 e. The number of rotatable bonds is 4. The predicted molar refractivity (Wildman–Crippen MR) is 90.3 cm³/mol. The van der Waals surface area contributed by atoms with Crippen LogP contribution < -0.4 is 4.90 Å². The lowest BCUT2D eigenvalue weighted by Crippen LogP contribution is -2.43. The van der Waals surface area contributed by atoms with Crippen molar-refractivity contribution in [3.63, 3.8) is 0 Å². The van der Waals surface area contributed by atoms with Crippen molar-refractivity contribution >= 4 is 40.6 Å². The van der Waals surface area contributed by atoms with Crippen molar-refractivity contribution in [2.24, 2.45) is 0 Å². The number of nitrogens with zero attached hydrogens (tertiary/aromatic N) is 2. The number of thioether (sulfide) groups is 1. The van der Waals surface area contributed by atoms with Gasteiger partial charge in [0.05, 0.1) is 11.4 Å². The predicted octanol–water partition coefficient (Wildman–Crippen LogP) is 2.85. The van der Waals surface area contributed by atoms with E-state index in [9.17, 15) is 9.59 Å². The van der Waals surface area contributed by atoms with E-state index in [1.54, 1.807) is 28.2 Å². The Bertz CT molecular complexity index is 685. The Balaban J connectivity index is 1.72. The number of para-hydroxylation sites is 1. The largest absolute Gasteiger partial charge is 0.340 e. The summed E-state index contributed by atoms with van der Waals surface area (Å²) in [5.41, 5.74) is 1.95. The van der Waals surface area contributed by atoms with Crippen molar-refractivity contribution in [2.75, 3.05) is 24.2 Å². The van der Waals surface area contributed by atoms with Gasteiger partial charge in [-0.05, 0) is 34.5 Å². The van der Waals surface area contributed by atoms with Gasteiger partial charge in [-0.2, -0.15) is 11.3 Å². The topological polar surface area (TPSA) is 40.6 Å². The molecule has 0 spiro atoms. The normalized spacial score (nSPS) is 13.9. The minimum absolute atomic E-state index is 0.0130. The number of carbonyl (C=O) groups is 2. The average Bonchev–Trinajstić information content (AvgIpc) is 3.03. The molecule has 3 rings (SSSR count). The van der Waals surface area contributed by atoms with Crippen LogP contribution in [0.3, 0.4) is 0 Å². The number of amides is 2. The summed E-state index contributed by atoms with van der Waals surface area (Å²) in [5.74, 6) is 0.320. The molecule has 0 N–H and O–H groups in total. The Morgan fingerprint density at radius 1 is 1.32 bits per heavy atom. The third-order valence-electron chi connectivity index (χ3n) is 3.53. The average molecular weight is 332 g/mol. The van der Waals surface area contributed by atoms with Crippen molar-refractivity contribution in [3.8, 4) is 0 Å². The molecule has 0 saturated heterocycles. The summed E-state index contributed by atoms with van der Waals surface area (Å²) in [6, 6.07) is 9.73. The quantitative estimate of drug-likeness (QED) is 0.864. The fraction of sp³-hybridized carbons (Fsp3) is 0.250. The molecule has 0 bridgehead atoms. The van der Waals surface area contributed by atoms with Crippen molar-refractivity contribution in [1.82, 2.24) is 4.90 Å². The van der Waals surface area contributed by atoms with E-state index in [0.29, 0.717) is 12.3 Å². The summed E-state index contributed by atoms with van der Waals surface area (Å²) < 4.78 is 0. The highest BCUT2D eigenvalue weighted by Gasteiger charge is 2.27. The van der Waals surface area contributed by atoms with Gasteiger partial charge in [-0.15, -0.1) is 11.8 Å². The molecule has 22 heavy (non-hydrogen) atoms. The van der Waals surface area contributed by atoms with E-state index in [1.807, 2.05) is 41.1 Å². The number of likely N-dealkylation sites (N-methyl/N-ethyl adjacent to an activating group) is 1. The van der Waals surface area contributed by atoms with Crippen LogP contribution in [0, 0.1) is 0 Å². The monoisotopic (exact) mass is 332 g/mol. The molecule has 0 fully saturated rings. The fourth-order valence-electron chi connectivity index (χ4n) is 2.33. The molecule has 0 aliphatic carbocycles. The summed E-state index contributed by atoms with van der Waals surface area (Å²) in [4.78, 5) is 28.9. The van der Waals surface area contributed by atoms with Gasteiger partial charge < -0.3 is 9.80 Å². The summed E-state index contributed by atoms with van der Waals surface area (Å²) in [5, 5.41) is 4.02. The van der Waals surface area contributed by atoms with Crippen LogP contribution in [0.4, 0.5) is 5.69 Å². The van der Waals surface area contributed by atoms with Crippen LogP contribution in [0.15, 0.2) is 46.0 Å². The van der Waals surface area contributed by atoms with Crippen molar-refractivity contribution in [3.05, 3.63) is 46.7 Å². The number of thiophene rings is 1. The lowest BCUT2D eigenvalue weighted by atomic mass is 10.2. The molecule has 1 aliphatic rings. The number of benzene rings is 1. The fourth-order valence-corrected chi connectivity index (χ4v) is 3.92. The number of hydrogen-bond donors (Lipinski definition) is 0. The van der Waals surface area contributed by atoms with Gasteiger partial charge in [0, 0.05) is 18.5 Å². The summed E-state index contributed by atoms with van der Waals surface area (Å²) in [7, 11) is 1.77. The van der Waals surface area contributed by atoms with Crippen molar-refractivity contribution in [2.45, 2.75) is 11.4 Å². The second-order valence-corrected chi connectivity index (χ2v) is 6.91. The zero-order chi connectivity index (χ0) is 15.5. The molecule has 1 aromatic carbocycles. The lowest BCUT2D eigenvalue weighted by Gasteiger charge is -2.29. The van der Waals surface area contributed by atoms with Gasteiger partial charge in [0.1, 0.15) is 6.54 Å². The van der Waals surface area contributed by atoms with E-state index < -0.39 is 0 Å². The van der Waals surface area contributed by atoms with Gasteiger partial charge in [-0.1, -0.05) is 12.1 Å². The van der Waals surface area contributed by atoms with Gasteiger partial charge in [0.15, 0.2) is 0 Å². The van der Waals surface area contributed by atoms with Crippen LogP contribution in [-0.4, -0.2) is 36.1 Å². The maximum Gasteiger partial charge on any atom is 0.242 e. The smallest absolute Gasteiger partial charge is 0.242 e. The number of carbonyl (C=O) groups excluding carboxylic acids is 2. The highest BCUT2D eigenvalue weighted by atomic mass is 32.2. The Morgan fingerprint density at radius 2 is 2.14 bits per heavy atom. The van der Waals surface area contributed by atoms with Crippen LogP contribution >= 0.6 is 23.1 Å². The maximum atomic E-state index is 12.4. The molecule has 0 unspecified atom stereocenters. The summed E-state index contributed by atoms with van der Waals surface area (Å²) >= 11 is 3.14. The van der Waals surface area contributed by atoms with E-state index in [2.05, 4.69) is 0 Å². The van der Waals surface area contributed by atoms with E-state index in [1.165, 1.54) is 11.8 Å². The molecule has 2 aromatic rings. The Hall–Kier alpha value is -1.79. The van der Waals surface area contributed by atoms with Gasteiger partial charge in [-0.3, -0.25) is 9.59 Å². The molecule has 0 radical (unpaired) electrons.